The van der Waals surface area contributed by atoms with Crippen molar-refractivity contribution in [3.05, 3.63) is 74.0 Å². The molecular weight excluding hydrogens is 495 g/mol. The van der Waals surface area contributed by atoms with Crippen LogP contribution in [0.4, 0.5) is 5.69 Å². The zero-order valence-corrected chi connectivity index (χ0v) is 18.3. The minimum Gasteiger partial charge on any atom is -0.451 e. The molecule has 0 spiro atoms. The van der Waals surface area contributed by atoms with Crippen LogP contribution in [0.5, 0.6) is 0 Å². The summed E-state index contributed by atoms with van der Waals surface area (Å²) < 4.78 is 6.84. The van der Waals surface area contributed by atoms with Crippen molar-refractivity contribution < 1.29 is 9.21 Å². The highest BCUT2D eigenvalue weighted by atomic mass is 127. The third-order valence-electron chi connectivity index (χ3n) is 3.88. The van der Waals surface area contributed by atoms with Gasteiger partial charge in [-0.05, 0) is 108 Å². The highest BCUT2D eigenvalue weighted by molar-refractivity contribution is 14.1. The maximum Gasteiger partial charge on any atom is 0.293 e. The second kappa shape index (κ2) is 8.41. The summed E-state index contributed by atoms with van der Waals surface area (Å²) in [5.74, 6) is 0.352. The molecule has 0 atom stereocenters. The Morgan fingerprint density at radius 1 is 1.07 bits per heavy atom. The molecule has 27 heavy (non-hydrogen) atoms. The van der Waals surface area contributed by atoms with Gasteiger partial charge in [-0.2, -0.15) is 0 Å². The Morgan fingerprint density at radius 2 is 1.70 bits per heavy atom. The topological polar surface area (TPSA) is 54.3 Å². The number of aryl methyl sites for hydroxylation is 2. The summed E-state index contributed by atoms with van der Waals surface area (Å²) in [7, 11) is 0. The molecule has 2 N–H and O–H groups in total. The SMILES string of the molecule is Cc1cc(NC(=S)NC(=O)c2ccc(-c3ccc(Cl)cc3)o2)cc(C)c1I. The molecule has 3 rings (SSSR count). The molecule has 1 amide bonds. The van der Waals surface area contributed by atoms with Crippen molar-refractivity contribution in [3.8, 4) is 11.3 Å². The van der Waals surface area contributed by atoms with Crippen LogP contribution in [-0.2, 0) is 0 Å². The van der Waals surface area contributed by atoms with Gasteiger partial charge in [0, 0.05) is 19.8 Å². The van der Waals surface area contributed by atoms with Gasteiger partial charge in [0.25, 0.3) is 5.91 Å². The number of hydrogen-bond acceptors (Lipinski definition) is 3. The highest BCUT2D eigenvalue weighted by Gasteiger charge is 2.14. The van der Waals surface area contributed by atoms with Crippen LogP contribution in [-0.4, -0.2) is 11.0 Å². The largest absolute Gasteiger partial charge is 0.451 e. The standard InChI is InChI=1S/C20H16ClIN2O2S/c1-11-9-15(10-12(2)18(11)22)23-20(27)24-19(25)17-8-7-16(26-17)13-3-5-14(21)6-4-13/h3-10H,1-2H3,(H2,23,24,25,27). The predicted molar refractivity (Wildman–Crippen MR) is 121 cm³/mol. The molecule has 4 nitrogen and oxygen atoms in total. The van der Waals surface area contributed by atoms with E-state index in [1.54, 1.807) is 24.3 Å². The van der Waals surface area contributed by atoms with E-state index < -0.39 is 5.91 Å². The fourth-order valence-corrected chi connectivity index (χ4v) is 3.22. The van der Waals surface area contributed by atoms with E-state index in [2.05, 4.69) is 33.2 Å². The van der Waals surface area contributed by atoms with Crippen molar-refractivity contribution in [2.24, 2.45) is 0 Å². The van der Waals surface area contributed by atoms with Gasteiger partial charge in [0.15, 0.2) is 10.9 Å². The number of carbonyl (C=O) groups is 1. The van der Waals surface area contributed by atoms with E-state index in [-0.39, 0.29) is 10.9 Å². The molecule has 138 valence electrons. The number of amides is 1. The van der Waals surface area contributed by atoms with Crippen LogP contribution < -0.4 is 10.6 Å². The summed E-state index contributed by atoms with van der Waals surface area (Å²) in [5, 5.41) is 6.52. The average Bonchev–Trinajstić information content (AvgIpc) is 3.10. The van der Waals surface area contributed by atoms with E-state index in [9.17, 15) is 4.79 Å². The Hall–Kier alpha value is -1.90. The minimum atomic E-state index is -0.410. The lowest BCUT2D eigenvalue weighted by Gasteiger charge is -2.11. The van der Waals surface area contributed by atoms with Crippen molar-refractivity contribution in [2.45, 2.75) is 13.8 Å². The van der Waals surface area contributed by atoms with Crippen molar-refractivity contribution in [1.29, 1.82) is 0 Å². The highest BCUT2D eigenvalue weighted by Crippen LogP contribution is 2.24. The molecule has 0 bridgehead atoms. The van der Waals surface area contributed by atoms with Crippen LogP contribution in [0.25, 0.3) is 11.3 Å². The first-order chi connectivity index (χ1) is 12.8. The van der Waals surface area contributed by atoms with E-state index in [1.807, 2.05) is 38.1 Å². The molecule has 0 aliphatic carbocycles. The van der Waals surface area contributed by atoms with Gasteiger partial charge < -0.3 is 9.73 Å². The summed E-state index contributed by atoms with van der Waals surface area (Å²) in [5.41, 5.74) is 3.96. The Balaban J connectivity index is 1.67. The molecule has 0 unspecified atom stereocenters. The quantitative estimate of drug-likeness (QED) is 0.338. The molecule has 0 fully saturated rings. The van der Waals surface area contributed by atoms with Crippen LogP contribution >= 0.6 is 46.4 Å². The average molecular weight is 511 g/mol. The predicted octanol–water partition coefficient (Wildman–Crippen LogP) is 5.95. The van der Waals surface area contributed by atoms with Gasteiger partial charge in [0.05, 0.1) is 0 Å². The monoisotopic (exact) mass is 510 g/mol. The lowest BCUT2D eigenvalue weighted by molar-refractivity contribution is 0.0951. The molecule has 0 aliphatic rings. The van der Waals surface area contributed by atoms with E-state index in [0.29, 0.717) is 10.8 Å². The van der Waals surface area contributed by atoms with Crippen molar-refractivity contribution in [3.63, 3.8) is 0 Å². The van der Waals surface area contributed by atoms with Gasteiger partial charge in [-0.3, -0.25) is 10.1 Å². The number of anilines is 1. The second-order valence-electron chi connectivity index (χ2n) is 6.00. The summed E-state index contributed by atoms with van der Waals surface area (Å²) in [6.45, 7) is 4.06. The van der Waals surface area contributed by atoms with Gasteiger partial charge in [-0.25, -0.2) is 0 Å². The van der Waals surface area contributed by atoms with Crippen LogP contribution in [0.2, 0.25) is 5.02 Å². The lowest BCUT2D eigenvalue weighted by Crippen LogP contribution is -2.33. The van der Waals surface area contributed by atoms with Crippen LogP contribution in [0.15, 0.2) is 52.9 Å². The Morgan fingerprint density at radius 3 is 2.33 bits per heavy atom. The summed E-state index contributed by atoms with van der Waals surface area (Å²) in [6.07, 6.45) is 0. The normalized spacial score (nSPS) is 10.5. The van der Waals surface area contributed by atoms with Crippen LogP contribution in [0.1, 0.15) is 21.7 Å². The number of nitrogens with one attached hydrogen (secondary N) is 2. The van der Waals surface area contributed by atoms with E-state index in [1.165, 1.54) is 3.57 Å². The zero-order chi connectivity index (χ0) is 19.6. The van der Waals surface area contributed by atoms with E-state index in [4.69, 9.17) is 28.2 Å². The van der Waals surface area contributed by atoms with E-state index >= 15 is 0 Å². The summed E-state index contributed by atoms with van der Waals surface area (Å²) in [4.78, 5) is 12.4. The molecule has 0 saturated carbocycles. The number of rotatable bonds is 3. The van der Waals surface area contributed by atoms with Gasteiger partial charge in [-0.15, -0.1) is 0 Å². The molecule has 3 aromatic rings. The molecule has 7 heteroatoms. The second-order valence-corrected chi connectivity index (χ2v) is 7.93. The summed E-state index contributed by atoms with van der Waals surface area (Å²) in [6, 6.07) is 14.5. The number of carbonyl (C=O) groups excluding carboxylic acids is 1. The molecule has 1 heterocycles. The minimum absolute atomic E-state index is 0.180. The number of benzene rings is 2. The molecule has 0 aliphatic heterocycles. The molecule has 0 radical (unpaired) electrons. The first-order valence-electron chi connectivity index (χ1n) is 8.08. The van der Waals surface area contributed by atoms with Gasteiger partial charge >= 0.3 is 0 Å². The molecule has 1 aromatic heterocycles. The third kappa shape index (κ3) is 4.88. The Kier molecular flexibility index (Phi) is 6.18. The van der Waals surface area contributed by atoms with Crippen molar-refractivity contribution >= 4 is 63.1 Å². The fourth-order valence-electron chi connectivity index (χ4n) is 2.57. The Bertz CT molecular complexity index is 992. The maximum absolute atomic E-state index is 12.4. The molecule has 0 saturated heterocycles. The van der Waals surface area contributed by atoms with Gasteiger partial charge in [-0.1, -0.05) is 11.6 Å². The Labute approximate surface area is 181 Å². The third-order valence-corrected chi connectivity index (χ3v) is 6.04. The van der Waals surface area contributed by atoms with Crippen LogP contribution in [0, 0.1) is 17.4 Å². The lowest BCUT2D eigenvalue weighted by atomic mass is 10.1. The molecule has 2 aromatic carbocycles. The summed E-state index contributed by atoms with van der Waals surface area (Å²) >= 11 is 13.4. The maximum atomic E-state index is 12.4. The number of hydrogen-bond donors (Lipinski definition) is 2. The van der Waals surface area contributed by atoms with Gasteiger partial charge in [0.2, 0.25) is 0 Å². The first kappa shape index (κ1) is 19.9. The number of furan rings is 1. The zero-order valence-electron chi connectivity index (χ0n) is 14.6. The van der Waals surface area contributed by atoms with Crippen molar-refractivity contribution in [2.75, 3.05) is 5.32 Å². The van der Waals surface area contributed by atoms with Crippen LogP contribution in [0.3, 0.4) is 0 Å². The van der Waals surface area contributed by atoms with Crippen molar-refractivity contribution in [1.82, 2.24) is 5.32 Å². The fraction of sp³-hybridized carbons (Fsp3) is 0.100. The smallest absolute Gasteiger partial charge is 0.293 e. The van der Waals surface area contributed by atoms with Gasteiger partial charge in [0.1, 0.15) is 5.76 Å². The number of thiocarbonyl (C=S) groups is 1. The molecular formula is C20H16ClIN2O2S. The number of halogens is 2. The van der Waals surface area contributed by atoms with E-state index in [0.717, 1.165) is 22.4 Å². The first-order valence-corrected chi connectivity index (χ1v) is 9.95.